The van der Waals surface area contributed by atoms with E-state index in [0.717, 1.165) is 30.1 Å². The van der Waals surface area contributed by atoms with Crippen LogP contribution in [0.5, 0.6) is 5.75 Å². The van der Waals surface area contributed by atoms with Gasteiger partial charge in [-0.3, -0.25) is 14.4 Å². The molecule has 11 heteroatoms. The number of nitrogens with zero attached hydrogens (tertiary/aromatic N) is 3. The topological polar surface area (TPSA) is 96.7 Å². The minimum absolute atomic E-state index is 0.0136. The van der Waals surface area contributed by atoms with E-state index in [4.69, 9.17) is 14.6 Å². The second-order valence-electron chi connectivity index (χ2n) is 7.23. The number of nitrogens with one attached hydrogen (secondary N) is 1. The number of carboxylic acids is 1. The highest BCUT2D eigenvalue weighted by Gasteiger charge is 2.38. The summed E-state index contributed by atoms with van der Waals surface area (Å²) < 4.78 is 39.0. The van der Waals surface area contributed by atoms with Crippen molar-refractivity contribution in [1.29, 1.82) is 0 Å². The molecular weight excluding hydrogens is 417 g/mol. The molecule has 0 saturated carbocycles. The molecular formula is C20H25F3N4O4. The summed E-state index contributed by atoms with van der Waals surface area (Å²) in [6, 6.07) is 9.79. The summed E-state index contributed by atoms with van der Waals surface area (Å²) in [5, 5.41) is 14.5. The number of halogens is 3. The van der Waals surface area contributed by atoms with Gasteiger partial charge >= 0.3 is 12.1 Å². The number of aromatic nitrogens is 2. The molecule has 2 heterocycles. The lowest BCUT2D eigenvalue weighted by molar-refractivity contribution is -0.192. The Morgan fingerprint density at radius 3 is 2.52 bits per heavy atom. The number of para-hydroxylation sites is 1. The molecule has 0 saturated heterocycles. The molecule has 0 spiro atoms. The highest BCUT2D eigenvalue weighted by Crippen LogP contribution is 2.25. The highest BCUT2D eigenvalue weighted by molar-refractivity contribution is 5.81. The van der Waals surface area contributed by atoms with Crippen molar-refractivity contribution in [2.24, 2.45) is 0 Å². The number of benzene rings is 1. The lowest BCUT2D eigenvalue weighted by Gasteiger charge is -2.33. The number of amides is 1. The quantitative estimate of drug-likeness (QED) is 0.739. The minimum Gasteiger partial charge on any atom is -0.496 e. The Labute approximate surface area is 177 Å². The van der Waals surface area contributed by atoms with Gasteiger partial charge in [-0.05, 0) is 26.0 Å². The lowest BCUT2D eigenvalue weighted by Crippen LogP contribution is -2.46. The van der Waals surface area contributed by atoms with Crippen LogP contribution in [0.25, 0.3) is 0 Å². The SMILES string of the molecule is COc1ccccc1CN1Cc2ccnn2C(C(=O)NC(C)C)C1.O=C(O)C(F)(F)F. The van der Waals surface area contributed by atoms with E-state index in [1.807, 2.05) is 42.8 Å². The predicted octanol–water partition coefficient (Wildman–Crippen LogP) is 2.61. The van der Waals surface area contributed by atoms with E-state index in [0.29, 0.717) is 6.54 Å². The van der Waals surface area contributed by atoms with E-state index in [2.05, 4.69) is 21.4 Å². The van der Waals surface area contributed by atoms with Crippen molar-refractivity contribution >= 4 is 11.9 Å². The summed E-state index contributed by atoms with van der Waals surface area (Å²) in [5.41, 5.74) is 2.18. The Morgan fingerprint density at radius 2 is 1.94 bits per heavy atom. The summed E-state index contributed by atoms with van der Waals surface area (Å²) in [7, 11) is 1.68. The summed E-state index contributed by atoms with van der Waals surface area (Å²) in [5.74, 6) is -1.87. The average molecular weight is 442 g/mol. The zero-order valence-corrected chi connectivity index (χ0v) is 17.4. The van der Waals surface area contributed by atoms with Crippen LogP contribution in [0.3, 0.4) is 0 Å². The normalized spacial score (nSPS) is 16.2. The Bertz CT molecular complexity index is 899. The van der Waals surface area contributed by atoms with Gasteiger partial charge in [0.05, 0.1) is 12.8 Å². The first-order chi connectivity index (χ1) is 14.5. The van der Waals surface area contributed by atoms with Crippen LogP contribution in [0.2, 0.25) is 0 Å². The molecule has 0 radical (unpaired) electrons. The fourth-order valence-corrected chi connectivity index (χ4v) is 3.13. The molecule has 170 valence electrons. The number of hydrogen-bond acceptors (Lipinski definition) is 5. The van der Waals surface area contributed by atoms with Gasteiger partial charge in [0, 0.05) is 37.4 Å². The van der Waals surface area contributed by atoms with Crippen LogP contribution in [0, 0.1) is 0 Å². The maximum atomic E-state index is 12.6. The Morgan fingerprint density at radius 1 is 1.29 bits per heavy atom. The summed E-state index contributed by atoms with van der Waals surface area (Å²) >= 11 is 0. The summed E-state index contributed by atoms with van der Waals surface area (Å²) in [6.45, 7) is 6.07. The van der Waals surface area contributed by atoms with Gasteiger partial charge in [-0.25, -0.2) is 4.79 Å². The molecule has 1 aliphatic heterocycles. The predicted molar refractivity (Wildman–Crippen MR) is 105 cm³/mol. The van der Waals surface area contributed by atoms with Crippen LogP contribution in [-0.2, 0) is 22.7 Å². The van der Waals surface area contributed by atoms with Crippen molar-refractivity contribution in [3.05, 3.63) is 47.8 Å². The maximum Gasteiger partial charge on any atom is 0.490 e. The molecule has 0 bridgehead atoms. The molecule has 3 rings (SSSR count). The number of fused-ring (bicyclic) bond motifs is 1. The van der Waals surface area contributed by atoms with Crippen LogP contribution in [0.15, 0.2) is 36.5 Å². The number of alkyl halides is 3. The summed E-state index contributed by atoms with van der Waals surface area (Å²) in [4.78, 5) is 23.7. The van der Waals surface area contributed by atoms with Crippen molar-refractivity contribution in [2.45, 2.75) is 45.2 Å². The van der Waals surface area contributed by atoms with Gasteiger partial charge in [-0.1, -0.05) is 18.2 Å². The largest absolute Gasteiger partial charge is 0.496 e. The van der Waals surface area contributed by atoms with Gasteiger partial charge in [-0.15, -0.1) is 0 Å². The van der Waals surface area contributed by atoms with Gasteiger partial charge in [-0.2, -0.15) is 18.3 Å². The van der Waals surface area contributed by atoms with Crippen LogP contribution < -0.4 is 10.1 Å². The van der Waals surface area contributed by atoms with Crippen molar-refractivity contribution in [3.8, 4) is 5.75 Å². The monoisotopic (exact) mass is 442 g/mol. The first-order valence-corrected chi connectivity index (χ1v) is 9.50. The standard InChI is InChI=1S/C18H24N4O2.C2HF3O2/c1-13(2)20-18(23)16-12-21(11-15-8-9-19-22(15)16)10-14-6-4-5-7-17(14)24-3;3-2(4,5)1(6)7/h4-9,13,16H,10-12H2,1-3H3,(H,20,23);(H,6,7). The molecule has 1 unspecified atom stereocenters. The number of aliphatic carboxylic acids is 1. The van der Waals surface area contributed by atoms with E-state index in [-0.39, 0.29) is 18.0 Å². The number of hydrogen-bond donors (Lipinski definition) is 2. The Kier molecular flexibility index (Phi) is 8.03. The number of carboxylic acid groups (broad SMARTS) is 1. The molecule has 0 aliphatic carbocycles. The second kappa shape index (κ2) is 10.3. The number of ether oxygens (including phenoxy) is 1. The van der Waals surface area contributed by atoms with Crippen molar-refractivity contribution in [3.63, 3.8) is 0 Å². The third-order valence-electron chi connectivity index (χ3n) is 4.43. The van der Waals surface area contributed by atoms with E-state index < -0.39 is 12.1 Å². The molecule has 1 aliphatic rings. The van der Waals surface area contributed by atoms with Crippen molar-refractivity contribution in [1.82, 2.24) is 20.0 Å². The number of methoxy groups -OCH3 is 1. The third-order valence-corrected chi connectivity index (χ3v) is 4.43. The third kappa shape index (κ3) is 6.71. The van der Waals surface area contributed by atoms with Crippen LogP contribution >= 0.6 is 0 Å². The van der Waals surface area contributed by atoms with E-state index in [9.17, 15) is 18.0 Å². The fourth-order valence-electron chi connectivity index (χ4n) is 3.13. The summed E-state index contributed by atoms with van der Waals surface area (Å²) in [6.07, 6.45) is -3.32. The van der Waals surface area contributed by atoms with Gasteiger partial charge in [0.25, 0.3) is 0 Å². The molecule has 0 fully saturated rings. The Balaban J connectivity index is 0.000000423. The fraction of sp³-hybridized carbons (Fsp3) is 0.450. The highest BCUT2D eigenvalue weighted by atomic mass is 19.4. The van der Waals surface area contributed by atoms with Gasteiger partial charge in [0.2, 0.25) is 5.91 Å². The first kappa shape index (κ1) is 24.2. The maximum absolute atomic E-state index is 12.6. The molecule has 2 aromatic rings. The van der Waals surface area contributed by atoms with Crippen LogP contribution in [0.4, 0.5) is 13.2 Å². The average Bonchev–Trinajstić information content (AvgIpc) is 3.15. The Hall–Kier alpha value is -3.08. The van der Waals surface area contributed by atoms with Crippen LogP contribution in [-0.4, -0.2) is 57.5 Å². The molecule has 31 heavy (non-hydrogen) atoms. The van der Waals surface area contributed by atoms with E-state index >= 15 is 0 Å². The van der Waals surface area contributed by atoms with E-state index in [1.165, 1.54) is 0 Å². The molecule has 8 nitrogen and oxygen atoms in total. The molecule has 1 amide bonds. The van der Waals surface area contributed by atoms with Crippen molar-refractivity contribution in [2.75, 3.05) is 13.7 Å². The van der Waals surface area contributed by atoms with Gasteiger partial charge in [0.15, 0.2) is 0 Å². The molecule has 2 N–H and O–H groups in total. The first-order valence-electron chi connectivity index (χ1n) is 9.50. The number of carbonyl (C=O) groups excluding carboxylic acids is 1. The van der Waals surface area contributed by atoms with Crippen LogP contribution in [0.1, 0.15) is 31.1 Å². The van der Waals surface area contributed by atoms with E-state index in [1.54, 1.807) is 13.3 Å². The van der Waals surface area contributed by atoms with Gasteiger partial charge in [0.1, 0.15) is 11.8 Å². The molecule has 1 aromatic heterocycles. The molecule has 1 aromatic carbocycles. The molecule has 1 atom stereocenters. The zero-order valence-electron chi connectivity index (χ0n) is 17.4. The zero-order chi connectivity index (χ0) is 23.2. The smallest absolute Gasteiger partial charge is 0.490 e. The van der Waals surface area contributed by atoms with Crippen molar-refractivity contribution < 1.29 is 32.6 Å². The second-order valence-corrected chi connectivity index (χ2v) is 7.23. The van der Waals surface area contributed by atoms with Gasteiger partial charge < -0.3 is 15.2 Å². The number of rotatable bonds is 5. The minimum atomic E-state index is -5.08. The number of carbonyl (C=O) groups is 2. The lowest BCUT2D eigenvalue weighted by atomic mass is 10.1.